The molecule has 0 saturated carbocycles. The van der Waals surface area contributed by atoms with E-state index in [1.54, 1.807) is 7.11 Å². The van der Waals surface area contributed by atoms with Crippen LogP contribution in [-0.4, -0.2) is 65.8 Å². The molecule has 2 N–H and O–H groups in total. The first kappa shape index (κ1) is 23.2. The van der Waals surface area contributed by atoms with Crippen molar-refractivity contribution in [1.82, 2.24) is 20.0 Å². The van der Waals surface area contributed by atoms with Crippen LogP contribution in [0.15, 0.2) is 24.3 Å². The first-order chi connectivity index (χ1) is 14.0. The summed E-state index contributed by atoms with van der Waals surface area (Å²) in [6, 6.07) is 7.98. The summed E-state index contributed by atoms with van der Waals surface area (Å²) in [6.07, 6.45) is -0.532. The zero-order chi connectivity index (χ0) is 21.2. The Kier molecular flexibility index (Phi) is 9.44. The van der Waals surface area contributed by atoms with Gasteiger partial charge in [0.05, 0.1) is 19.3 Å². The Morgan fingerprint density at radius 2 is 1.93 bits per heavy atom. The summed E-state index contributed by atoms with van der Waals surface area (Å²) in [5, 5.41) is 18.1. The molecule has 0 unspecified atom stereocenters. The first-order valence-electron chi connectivity index (χ1n) is 10.4. The van der Waals surface area contributed by atoms with Crippen molar-refractivity contribution < 1.29 is 14.6 Å². The van der Waals surface area contributed by atoms with Crippen molar-refractivity contribution in [2.24, 2.45) is 0 Å². The van der Waals surface area contributed by atoms with Crippen molar-refractivity contribution in [3.8, 4) is 11.5 Å². The van der Waals surface area contributed by atoms with Gasteiger partial charge in [-0.05, 0) is 50.7 Å². The Labute approximate surface area is 174 Å². The van der Waals surface area contributed by atoms with Gasteiger partial charge in [0.15, 0.2) is 11.5 Å². The number of rotatable bonds is 13. The molecular weight excluding hydrogens is 368 g/mol. The molecule has 7 heteroatoms. The fourth-order valence-corrected chi connectivity index (χ4v) is 3.28. The minimum absolute atomic E-state index is 0.243. The van der Waals surface area contributed by atoms with E-state index < -0.39 is 6.10 Å². The van der Waals surface area contributed by atoms with Crippen LogP contribution in [0.25, 0.3) is 0 Å². The van der Waals surface area contributed by atoms with E-state index in [1.165, 1.54) is 5.69 Å². The maximum Gasteiger partial charge on any atom is 0.161 e. The van der Waals surface area contributed by atoms with Crippen molar-refractivity contribution in [2.45, 2.75) is 46.9 Å². The monoisotopic (exact) mass is 404 g/mol. The molecule has 0 aliphatic carbocycles. The highest BCUT2D eigenvalue weighted by molar-refractivity contribution is 5.43. The van der Waals surface area contributed by atoms with E-state index in [0.717, 1.165) is 44.0 Å². The van der Waals surface area contributed by atoms with E-state index in [4.69, 9.17) is 9.47 Å². The van der Waals surface area contributed by atoms with E-state index in [1.807, 2.05) is 29.8 Å². The smallest absolute Gasteiger partial charge is 0.161 e. The molecule has 0 bridgehead atoms. The zero-order valence-electron chi connectivity index (χ0n) is 18.4. The number of aliphatic hydroxyl groups is 1. The van der Waals surface area contributed by atoms with Crippen molar-refractivity contribution in [1.29, 1.82) is 0 Å². The van der Waals surface area contributed by atoms with Gasteiger partial charge in [-0.3, -0.25) is 4.68 Å². The van der Waals surface area contributed by atoms with Gasteiger partial charge in [0.25, 0.3) is 0 Å². The lowest BCUT2D eigenvalue weighted by molar-refractivity contribution is 0.0705. The predicted molar refractivity (Wildman–Crippen MR) is 116 cm³/mol. The lowest BCUT2D eigenvalue weighted by Crippen LogP contribution is -2.35. The van der Waals surface area contributed by atoms with E-state index >= 15 is 0 Å². The molecule has 1 aromatic carbocycles. The van der Waals surface area contributed by atoms with Gasteiger partial charge in [0, 0.05) is 25.3 Å². The number of methoxy groups -OCH3 is 1. The summed E-state index contributed by atoms with van der Waals surface area (Å²) >= 11 is 0. The number of nitrogens with zero attached hydrogens (tertiary/aromatic N) is 3. The maximum absolute atomic E-state index is 10.2. The van der Waals surface area contributed by atoms with Gasteiger partial charge in [-0.25, -0.2) is 0 Å². The summed E-state index contributed by atoms with van der Waals surface area (Å²) in [5.74, 6) is 1.33. The molecule has 0 saturated heterocycles. The number of likely N-dealkylation sites (N-methyl/N-ethyl adjacent to an activating group) is 1. The number of hydrogen-bond donors (Lipinski definition) is 2. The summed E-state index contributed by atoms with van der Waals surface area (Å²) in [6.45, 7) is 13.3. The summed E-state index contributed by atoms with van der Waals surface area (Å²) in [4.78, 5) is 2.17. The average Bonchev–Trinajstić information content (AvgIpc) is 3.04. The molecule has 0 spiro atoms. The molecule has 1 atom stereocenters. The number of benzene rings is 1. The number of nitrogens with one attached hydrogen (secondary N) is 1. The second-order valence-corrected chi connectivity index (χ2v) is 7.26. The third-order valence-electron chi connectivity index (χ3n) is 4.96. The van der Waals surface area contributed by atoms with E-state index in [9.17, 15) is 5.11 Å². The molecule has 29 heavy (non-hydrogen) atoms. The molecule has 0 aliphatic heterocycles. The van der Waals surface area contributed by atoms with Gasteiger partial charge in [-0.1, -0.05) is 19.9 Å². The molecule has 162 valence electrons. The van der Waals surface area contributed by atoms with Crippen molar-refractivity contribution in [3.05, 3.63) is 41.2 Å². The highest BCUT2D eigenvalue weighted by Crippen LogP contribution is 2.28. The Bertz CT molecular complexity index is 744. The minimum Gasteiger partial charge on any atom is -0.493 e. The molecule has 0 fully saturated rings. The zero-order valence-corrected chi connectivity index (χ0v) is 18.4. The SMILES string of the molecule is CCN(CC)C[C@H](O)COc1ccc(CNCCn2nc(C)cc2C)cc1OC. The van der Waals surface area contributed by atoms with E-state index in [0.29, 0.717) is 18.0 Å². The van der Waals surface area contributed by atoms with Crippen molar-refractivity contribution in [3.63, 3.8) is 0 Å². The molecule has 0 amide bonds. The second kappa shape index (κ2) is 11.8. The van der Waals surface area contributed by atoms with Crippen LogP contribution in [0, 0.1) is 13.8 Å². The van der Waals surface area contributed by atoms with Crippen LogP contribution in [0.5, 0.6) is 11.5 Å². The average molecular weight is 405 g/mol. The van der Waals surface area contributed by atoms with Crippen LogP contribution in [0.2, 0.25) is 0 Å². The predicted octanol–water partition coefficient (Wildman–Crippen LogP) is 2.38. The number of aromatic nitrogens is 2. The molecule has 0 aliphatic rings. The van der Waals surface area contributed by atoms with Crippen molar-refractivity contribution in [2.75, 3.05) is 39.9 Å². The number of ether oxygens (including phenoxy) is 2. The third-order valence-corrected chi connectivity index (χ3v) is 4.96. The first-order valence-corrected chi connectivity index (χ1v) is 10.4. The Hall–Kier alpha value is -2.09. The lowest BCUT2D eigenvalue weighted by Gasteiger charge is -2.22. The van der Waals surface area contributed by atoms with Crippen LogP contribution in [-0.2, 0) is 13.1 Å². The maximum atomic E-state index is 10.2. The lowest BCUT2D eigenvalue weighted by atomic mass is 10.2. The Balaban J connectivity index is 1.82. The molecule has 7 nitrogen and oxygen atoms in total. The minimum atomic E-state index is -0.532. The van der Waals surface area contributed by atoms with Gasteiger partial charge in [0.1, 0.15) is 12.7 Å². The van der Waals surface area contributed by atoms with Gasteiger partial charge < -0.3 is 24.8 Å². The molecular formula is C22H36N4O3. The van der Waals surface area contributed by atoms with Gasteiger partial charge in [-0.2, -0.15) is 5.10 Å². The Morgan fingerprint density at radius 3 is 2.55 bits per heavy atom. The Morgan fingerprint density at radius 1 is 1.17 bits per heavy atom. The fourth-order valence-electron chi connectivity index (χ4n) is 3.28. The quantitative estimate of drug-likeness (QED) is 0.500. The highest BCUT2D eigenvalue weighted by atomic mass is 16.5. The standard InChI is InChI=1S/C22H36N4O3/c1-6-25(7-2)15-20(27)16-29-21-9-8-19(13-22(21)28-5)14-23-10-11-26-18(4)12-17(3)24-26/h8-9,12-13,20,23,27H,6-7,10-11,14-16H2,1-5H3/t20-/m0/s1. The summed E-state index contributed by atoms with van der Waals surface area (Å²) in [7, 11) is 1.63. The fraction of sp³-hybridized carbons (Fsp3) is 0.591. The summed E-state index contributed by atoms with van der Waals surface area (Å²) < 4.78 is 13.3. The number of aryl methyl sites for hydroxylation is 2. The van der Waals surface area contributed by atoms with E-state index in [-0.39, 0.29) is 6.61 Å². The number of aliphatic hydroxyl groups excluding tert-OH is 1. The highest BCUT2D eigenvalue weighted by Gasteiger charge is 2.12. The summed E-state index contributed by atoms with van der Waals surface area (Å²) in [5.41, 5.74) is 3.34. The topological polar surface area (TPSA) is 71.8 Å². The second-order valence-electron chi connectivity index (χ2n) is 7.26. The van der Waals surface area contributed by atoms with Crippen molar-refractivity contribution >= 4 is 0 Å². The van der Waals surface area contributed by atoms with Crippen LogP contribution in [0.3, 0.4) is 0 Å². The van der Waals surface area contributed by atoms with Crippen LogP contribution in [0.4, 0.5) is 0 Å². The molecule has 2 rings (SSSR count). The van der Waals surface area contributed by atoms with Crippen LogP contribution in [0.1, 0.15) is 30.8 Å². The van der Waals surface area contributed by atoms with Gasteiger partial charge >= 0.3 is 0 Å². The van der Waals surface area contributed by atoms with Crippen LogP contribution >= 0.6 is 0 Å². The normalized spacial score (nSPS) is 12.4. The number of hydrogen-bond acceptors (Lipinski definition) is 6. The molecule has 1 heterocycles. The molecule has 2 aromatic rings. The largest absolute Gasteiger partial charge is 0.493 e. The van der Waals surface area contributed by atoms with Crippen LogP contribution < -0.4 is 14.8 Å². The van der Waals surface area contributed by atoms with Gasteiger partial charge in [-0.15, -0.1) is 0 Å². The molecule has 0 radical (unpaired) electrons. The third kappa shape index (κ3) is 7.34. The van der Waals surface area contributed by atoms with E-state index in [2.05, 4.69) is 42.2 Å². The molecule has 1 aromatic heterocycles. The van der Waals surface area contributed by atoms with Gasteiger partial charge in [0.2, 0.25) is 0 Å².